The largest absolute Gasteiger partial charge is 0.353 e. The van der Waals surface area contributed by atoms with E-state index in [9.17, 15) is 8.42 Å². The SMILES string of the molecule is Cc1cc(-c2nc3ncc(Br)c(Nc4cccc(S(N)(=O)=O)c4)c3[nH]2)c(C)n1Cc1ccncc1. The number of fused-ring (bicyclic) bond motifs is 1. The number of nitrogens with one attached hydrogen (secondary N) is 2. The molecule has 0 unspecified atom stereocenters. The second kappa shape index (κ2) is 8.91. The number of rotatable bonds is 6. The number of H-pyrrole nitrogens is 1. The van der Waals surface area contributed by atoms with Crippen LogP contribution in [0, 0.1) is 13.8 Å². The zero-order valence-corrected chi connectivity index (χ0v) is 21.4. The molecule has 0 spiro atoms. The van der Waals surface area contributed by atoms with Crippen molar-refractivity contribution in [1.82, 2.24) is 24.5 Å². The van der Waals surface area contributed by atoms with E-state index < -0.39 is 10.0 Å². The highest BCUT2D eigenvalue weighted by molar-refractivity contribution is 9.10. The summed E-state index contributed by atoms with van der Waals surface area (Å²) in [7, 11) is -3.82. The fourth-order valence-electron chi connectivity index (χ4n) is 4.03. The molecule has 11 heteroatoms. The third-order valence-corrected chi connectivity index (χ3v) is 7.34. The van der Waals surface area contributed by atoms with E-state index in [1.165, 1.54) is 12.1 Å². The number of halogens is 1. The average Bonchev–Trinajstić information content (AvgIpc) is 3.38. The van der Waals surface area contributed by atoms with Gasteiger partial charge in [0.15, 0.2) is 5.65 Å². The fraction of sp³-hybridized carbons (Fsp3) is 0.125. The monoisotopic (exact) mass is 551 g/mol. The van der Waals surface area contributed by atoms with Crippen molar-refractivity contribution in [2.45, 2.75) is 25.3 Å². The average molecular weight is 552 g/mol. The Morgan fingerprint density at radius 2 is 1.91 bits per heavy atom. The molecular formula is C24H22BrN7O2S. The van der Waals surface area contributed by atoms with Gasteiger partial charge in [-0.3, -0.25) is 4.98 Å². The summed E-state index contributed by atoms with van der Waals surface area (Å²) in [4.78, 5) is 16.7. The van der Waals surface area contributed by atoms with Crippen molar-refractivity contribution >= 4 is 48.5 Å². The van der Waals surface area contributed by atoms with E-state index in [2.05, 4.69) is 60.7 Å². The van der Waals surface area contributed by atoms with Gasteiger partial charge in [0.25, 0.3) is 0 Å². The third-order valence-electron chi connectivity index (χ3n) is 5.82. The van der Waals surface area contributed by atoms with Crippen LogP contribution in [0.3, 0.4) is 0 Å². The summed E-state index contributed by atoms with van der Waals surface area (Å²) in [6, 6.07) is 12.4. The first kappa shape index (κ1) is 23.2. The molecule has 4 N–H and O–H groups in total. The van der Waals surface area contributed by atoms with Gasteiger partial charge < -0.3 is 14.9 Å². The minimum absolute atomic E-state index is 0.0239. The number of benzene rings is 1. The summed E-state index contributed by atoms with van der Waals surface area (Å²) in [5.41, 5.74) is 6.81. The van der Waals surface area contributed by atoms with Crippen molar-refractivity contribution in [2.24, 2.45) is 5.14 Å². The van der Waals surface area contributed by atoms with Gasteiger partial charge in [0.1, 0.15) is 11.3 Å². The van der Waals surface area contributed by atoms with E-state index in [0.717, 1.165) is 29.1 Å². The van der Waals surface area contributed by atoms with Crippen molar-refractivity contribution in [2.75, 3.05) is 5.32 Å². The summed E-state index contributed by atoms with van der Waals surface area (Å²) in [5.74, 6) is 0.695. The van der Waals surface area contributed by atoms with Crippen molar-refractivity contribution < 1.29 is 8.42 Å². The van der Waals surface area contributed by atoms with Crippen LogP contribution >= 0.6 is 15.9 Å². The number of aromatic amines is 1. The third kappa shape index (κ3) is 4.57. The number of pyridine rings is 2. The highest BCUT2D eigenvalue weighted by atomic mass is 79.9. The Morgan fingerprint density at radius 3 is 2.66 bits per heavy atom. The van der Waals surface area contributed by atoms with Crippen molar-refractivity contribution in [1.29, 1.82) is 0 Å². The molecule has 4 aromatic heterocycles. The quantitative estimate of drug-likeness (QED) is 0.281. The number of anilines is 2. The number of hydrogen-bond donors (Lipinski definition) is 3. The summed E-state index contributed by atoms with van der Waals surface area (Å²) >= 11 is 3.54. The lowest BCUT2D eigenvalue weighted by molar-refractivity contribution is 0.598. The Morgan fingerprint density at radius 1 is 1.14 bits per heavy atom. The summed E-state index contributed by atoms with van der Waals surface area (Å²) in [5, 5.41) is 8.56. The second-order valence-corrected chi connectivity index (χ2v) is 10.6. The van der Waals surface area contributed by atoms with Gasteiger partial charge in [0.2, 0.25) is 10.0 Å². The van der Waals surface area contributed by atoms with Crippen molar-refractivity contribution in [3.63, 3.8) is 0 Å². The first-order chi connectivity index (χ1) is 16.7. The number of hydrogen-bond acceptors (Lipinski definition) is 6. The predicted octanol–water partition coefficient (Wildman–Crippen LogP) is 4.64. The Balaban J connectivity index is 1.54. The van der Waals surface area contributed by atoms with Gasteiger partial charge in [0, 0.05) is 47.8 Å². The minimum Gasteiger partial charge on any atom is -0.353 e. The van der Waals surface area contributed by atoms with Crippen LogP contribution in [0.2, 0.25) is 0 Å². The lowest BCUT2D eigenvalue weighted by atomic mass is 10.2. The molecule has 0 aliphatic rings. The number of sulfonamides is 1. The highest BCUT2D eigenvalue weighted by Crippen LogP contribution is 2.34. The molecule has 1 aromatic carbocycles. The van der Waals surface area contributed by atoms with Crippen LogP contribution in [0.5, 0.6) is 0 Å². The standard InChI is InChI=1S/C24H22BrN7O2S/c1-14-10-19(15(2)32(14)13-16-6-8-27-9-7-16)23-30-22-21(20(25)12-28-24(22)31-23)29-17-4-3-5-18(11-17)35(26,33)34/h3-12H,13H2,1-2H3,(H2,26,33,34)(H2,28,29,30,31). The molecule has 0 aliphatic heterocycles. The molecule has 0 radical (unpaired) electrons. The Labute approximate surface area is 210 Å². The molecule has 178 valence electrons. The topological polar surface area (TPSA) is 132 Å². The van der Waals surface area contributed by atoms with E-state index in [0.29, 0.717) is 32.8 Å². The molecular weight excluding hydrogens is 530 g/mol. The molecule has 5 aromatic rings. The molecule has 0 saturated heterocycles. The molecule has 0 atom stereocenters. The van der Waals surface area contributed by atoms with Crippen molar-refractivity contribution in [3.05, 3.63) is 82.5 Å². The lowest BCUT2D eigenvalue weighted by Crippen LogP contribution is -2.12. The smallest absolute Gasteiger partial charge is 0.238 e. The Bertz CT molecular complexity index is 1660. The Hall–Kier alpha value is -3.54. The van der Waals surface area contributed by atoms with Crippen LogP contribution in [-0.2, 0) is 16.6 Å². The molecule has 0 amide bonds. The maximum atomic E-state index is 11.8. The van der Waals surface area contributed by atoms with Gasteiger partial charge in [-0.25, -0.2) is 23.5 Å². The fourth-order valence-corrected chi connectivity index (χ4v) is 4.99. The maximum Gasteiger partial charge on any atom is 0.238 e. The first-order valence-corrected chi connectivity index (χ1v) is 13.0. The molecule has 0 bridgehead atoms. The summed E-state index contributed by atoms with van der Waals surface area (Å²) < 4.78 is 26.5. The zero-order valence-electron chi connectivity index (χ0n) is 18.9. The van der Waals surface area contributed by atoms with E-state index in [1.807, 2.05) is 12.1 Å². The lowest BCUT2D eigenvalue weighted by Gasteiger charge is -2.10. The number of primary sulfonamides is 1. The van der Waals surface area contributed by atoms with Gasteiger partial charge in [-0.05, 0) is 71.7 Å². The van der Waals surface area contributed by atoms with Crippen molar-refractivity contribution in [3.8, 4) is 11.4 Å². The summed E-state index contributed by atoms with van der Waals surface area (Å²) in [6.07, 6.45) is 5.24. The summed E-state index contributed by atoms with van der Waals surface area (Å²) in [6.45, 7) is 4.87. The van der Waals surface area contributed by atoms with Crippen LogP contribution in [-0.4, -0.2) is 32.9 Å². The number of nitrogens with two attached hydrogens (primary N) is 1. The predicted molar refractivity (Wildman–Crippen MR) is 139 cm³/mol. The van der Waals surface area contributed by atoms with Crippen LogP contribution in [0.25, 0.3) is 22.6 Å². The number of imidazole rings is 1. The highest BCUT2D eigenvalue weighted by Gasteiger charge is 2.18. The molecule has 0 aliphatic carbocycles. The molecule has 0 saturated carbocycles. The minimum atomic E-state index is -3.82. The van der Waals surface area contributed by atoms with Gasteiger partial charge in [-0.2, -0.15) is 0 Å². The van der Waals surface area contributed by atoms with Crippen LogP contribution in [0.1, 0.15) is 17.0 Å². The first-order valence-electron chi connectivity index (χ1n) is 10.7. The maximum absolute atomic E-state index is 11.8. The normalized spacial score (nSPS) is 11.8. The molecule has 5 rings (SSSR count). The second-order valence-electron chi connectivity index (χ2n) is 8.19. The number of aryl methyl sites for hydroxylation is 1. The van der Waals surface area contributed by atoms with Gasteiger partial charge in [0.05, 0.1) is 15.1 Å². The van der Waals surface area contributed by atoms with Gasteiger partial charge in [-0.1, -0.05) is 6.07 Å². The number of nitrogens with zero attached hydrogens (tertiary/aromatic N) is 4. The number of aromatic nitrogens is 5. The van der Waals surface area contributed by atoms with E-state index in [1.54, 1.807) is 30.7 Å². The van der Waals surface area contributed by atoms with Crippen LogP contribution < -0.4 is 10.5 Å². The van der Waals surface area contributed by atoms with Gasteiger partial charge in [-0.15, -0.1) is 0 Å². The van der Waals surface area contributed by atoms with E-state index >= 15 is 0 Å². The van der Waals surface area contributed by atoms with Crippen LogP contribution in [0.4, 0.5) is 11.4 Å². The van der Waals surface area contributed by atoms with E-state index in [-0.39, 0.29) is 4.90 Å². The Kier molecular flexibility index (Phi) is 5.91. The molecule has 4 heterocycles. The van der Waals surface area contributed by atoms with Crippen LogP contribution in [0.15, 0.2) is 70.4 Å². The molecule has 35 heavy (non-hydrogen) atoms. The molecule has 9 nitrogen and oxygen atoms in total. The van der Waals surface area contributed by atoms with E-state index in [4.69, 9.17) is 10.1 Å². The molecule has 0 fully saturated rings. The van der Waals surface area contributed by atoms with Gasteiger partial charge >= 0.3 is 0 Å². The zero-order chi connectivity index (χ0) is 24.7.